The highest BCUT2D eigenvalue weighted by Gasteiger charge is 2.19. The fourth-order valence-electron chi connectivity index (χ4n) is 3.31. The van der Waals surface area contributed by atoms with Crippen molar-refractivity contribution in [2.24, 2.45) is 0 Å². The van der Waals surface area contributed by atoms with E-state index >= 15 is 0 Å². The van der Waals surface area contributed by atoms with Gasteiger partial charge in [-0.25, -0.2) is 0 Å². The molecule has 1 nitrogen and oxygen atoms in total. The minimum Gasteiger partial charge on any atom is -0.469 e. The molecule has 0 fully saturated rings. The van der Waals surface area contributed by atoms with Gasteiger partial charge in [0.2, 0.25) is 0 Å². The second-order valence-electron chi connectivity index (χ2n) is 6.04. The minimum atomic E-state index is 1.00. The molecule has 0 saturated carbocycles. The van der Waals surface area contributed by atoms with Crippen molar-refractivity contribution in [3.63, 3.8) is 0 Å². The van der Waals surface area contributed by atoms with Crippen molar-refractivity contribution in [1.29, 1.82) is 0 Å². The first kappa shape index (κ1) is 12.5. The molecule has 1 heterocycles. The first-order valence-corrected chi connectivity index (χ1v) is 7.41. The Morgan fingerprint density at radius 1 is 0.810 bits per heavy atom. The van der Waals surface area contributed by atoms with E-state index in [2.05, 4.69) is 50.2 Å². The number of hydrogen-bond donors (Lipinski definition) is 0. The topological polar surface area (TPSA) is 13.1 Å². The predicted octanol–water partition coefficient (Wildman–Crippen LogP) is 5.44. The maximum Gasteiger partial charge on any atom is 0.104 e. The summed E-state index contributed by atoms with van der Waals surface area (Å²) in [7, 11) is 0. The Bertz CT molecular complexity index is 852. The molecule has 1 aliphatic rings. The van der Waals surface area contributed by atoms with E-state index in [0.717, 1.165) is 12.2 Å². The second-order valence-corrected chi connectivity index (χ2v) is 6.04. The van der Waals surface area contributed by atoms with Crippen molar-refractivity contribution in [3.05, 3.63) is 70.7 Å². The summed E-state index contributed by atoms with van der Waals surface area (Å²) in [5, 5.41) is 0. The number of hydrogen-bond acceptors (Lipinski definition) is 1. The number of fused-ring (bicyclic) bond motifs is 3. The van der Waals surface area contributed by atoms with Gasteiger partial charge in [0, 0.05) is 5.56 Å². The van der Waals surface area contributed by atoms with Crippen LogP contribution < -0.4 is 0 Å². The monoisotopic (exact) mass is 274 g/mol. The SMILES string of the molecule is Cc1ccc2c(c1)Cc1cc(-c3coc(C)c3C)ccc1-2. The lowest BCUT2D eigenvalue weighted by Gasteiger charge is -2.05. The Morgan fingerprint density at radius 3 is 2.24 bits per heavy atom. The second kappa shape index (κ2) is 4.36. The molecule has 0 aliphatic heterocycles. The zero-order valence-corrected chi connectivity index (χ0v) is 12.7. The van der Waals surface area contributed by atoms with Crippen LogP contribution in [0.1, 0.15) is 28.0 Å². The van der Waals surface area contributed by atoms with Crippen LogP contribution in [0.5, 0.6) is 0 Å². The summed E-state index contributed by atoms with van der Waals surface area (Å²) < 4.78 is 5.55. The summed E-state index contributed by atoms with van der Waals surface area (Å²) in [6.07, 6.45) is 2.91. The van der Waals surface area contributed by atoms with Gasteiger partial charge < -0.3 is 4.42 Å². The van der Waals surface area contributed by atoms with Gasteiger partial charge in [0.05, 0.1) is 6.26 Å². The Labute approximate surface area is 125 Å². The fraction of sp³-hybridized carbons (Fsp3) is 0.200. The molecule has 21 heavy (non-hydrogen) atoms. The molecule has 0 bridgehead atoms. The highest BCUT2D eigenvalue weighted by atomic mass is 16.3. The summed E-state index contributed by atoms with van der Waals surface area (Å²) >= 11 is 0. The van der Waals surface area contributed by atoms with Gasteiger partial charge in [-0.15, -0.1) is 0 Å². The Kier molecular flexibility index (Phi) is 2.58. The molecule has 104 valence electrons. The third-order valence-electron chi connectivity index (χ3n) is 4.63. The molecular weight excluding hydrogens is 256 g/mol. The van der Waals surface area contributed by atoms with Gasteiger partial charge >= 0.3 is 0 Å². The van der Waals surface area contributed by atoms with Gasteiger partial charge in [-0.3, -0.25) is 0 Å². The van der Waals surface area contributed by atoms with Crippen LogP contribution >= 0.6 is 0 Å². The summed E-state index contributed by atoms with van der Waals surface area (Å²) in [6, 6.07) is 13.6. The molecule has 1 aliphatic carbocycles. The number of rotatable bonds is 1. The van der Waals surface area contributed by atoms with Gasteiger partial charge in [-0.2, -0.15) is 0 Å². The van der Waals surface area contributed by atoms with E-state index in [1.54, 1.807) is 0 Å². The first-order chi connectivity index (χ1) is 10.1. The lowest BCUT2D eigenvalue weighted by molar-refractivity contribution is 0.532. The van der Waals surface area contributed by atoms with Crippen molar-refractivity contribution in [3.8, 4) is 22.3 Å². The largest absolute Gasteiger partial charge is 0.469 e. The van der Waals surface area contributed by atoms with E-state index in [4.69, 9.17) is 4.42 Å². The van der Waals surface area contributed by atoms with Crippen molar-refractivity contribution in [2.75, 3.05) is 0 Å². The lowest BCUT2D eigenvalue weighted by Crippen LogP contribution is -1.84. The molecule has 1 heteroatoms. The van der Waals surface area contributed by atoms with E-state index in [1.165, 1.54) is 44.5 Å². The van der Waals surface area contributed by atoms with E-state index in [-0.39, 0.29) is 0 Å². The Hall–Kier alpha value is -2.28. The minimum absolute atomic E-state index is 1.00. The van der Waals surface area contributed by atoms with Gasteiger partial charge in [-0.05, 0) is 60.6 Å². The van der Waals surface area contributed by atoms with Crippen LogP contribution in [-0.4, -0.2) is 0 Å². The average Bonchev–Trinajstić information content (AvgIpc) is 2.98. The third-order valence-corrected chi connectivity index (χ3v) is 4.63. The Morgan fingerprint density at radius 2 is 1.52 bits per heavy atom. The molecule has 0 spiro atoms. The molecule has 0 amide bonds. The van der Waals surface area contributed by atoms with Crippen LogP contribution in [0.2, 0.25) is 0 Å². The van der Waals surface area contributed by atoms with E-state index < -0.39 is 0 Å². The Balaban J connectivity index is 1.83. The summed E-state index contributed by atoms with van der Waals surface area (Å²) in [4.78, 5) is 0. The molecule has 3 aromatic rings. The van der Waals surface area contributed by atoms with Gasteiger partial charge in [0.15, 0.2) is 0 Å². The van der Waals surface area contributed by atoms with E-state index in [1.807, 2.05) is 13.2 Å². The number of furan rings is 1. The highest BCUT2D eigenvalue weighted by Crippen LogP contribution is 2.39. The summed E-state index contributed by atoms with van der Waals surface area (Å²) in [6.45, 7) is 6.30. The van der Waals surface area contributed by atoms with Gasteiger partial charge in [-0.1, -0.05) is 42.0 Å². The average molecular weight is 274 g/mol. The predicted molar refractivity (Wildman–Crippen MR) is 86.6 cm³/mol. The van der Waals surface area contributed by atoms with Gasteiger partial charge in [0.1, 0.15) is 5.76 Å². The van der Waals surface area contributed by atoms with E-state index in [0.29, 0.717) is 0 Å². The van der Waals surface area contributed by atoms with E-state index in [9.17, 15) is 0 Å². The molecule has 0 N–H and O–H groups in total. The number of benzene rings is 2. The molecule has 4 rings (SSSR count). The van der Waals surface area contributed by atoms with Crippen molar-refractivity contribution in [1.82, 2.24) is 0 Å². The molecular formula is C20H18O. The molecule has 0 saturated heterocycles. The van der Waals surface area contributed by atoms with Crippen molar-refractivity contribution in [2.45, 2.75) is 27.2 Å². The molecule has 0 unspecified atom stereocenters. The third kappa shape index (κ3) is 1.84. The molecule has 0 radical (unpaired) electrons. The maximum absolute atomic E-state index is 5.55. The fourth-order valence-corrected chi connectivity index (χ4v) is 3.31. The van der Waals surface area contributed by atoms with Crippen molar-refractivity contribution >= 4 is 0 Å². The summed E-state index contributed by atoms with van der Waals surface area (Å²) in [5.41, 5.74) is 10.7. The van der Waals surface area contributed by atoms with Crippen LogP contribution in [0, 0.1) is 20.8 Å². The molecule has 2 aromatic carbocycles. The normalized spacial score (nSPS) is 12.3. The van der Waals surface area contributed by atoms with Crippen LogP contribution in [0.3, 0.4) is 0 Å². The highest BCUT2D eigenvalue weighted by molar-refractivity contribution is 5.81. The lowest BCUT2D eigenvalue weighted by atomic mass is 9.98. The zero-order valence-electron chi connectivity index (χ0n) is 12.7. The molecule has 0 atom stereocenters. The quantitative estimate of drug-likeness (QED) is 0.450. The van der Waals surface area contributed by atoms with Crippen LogP contribution in [0.4, 0.5) is 0 Å². The smallest absolute Gasteiger partial charge is 0.104 e. The van der Waals surface area contributed by atoms with Crippen LogP contribution in [0.15, 0.2) is 47.1 Å². The molecule has 1 aromatic heterocycles. The van der Waals surface area contributed by atoms with Crippen molar-refractivity contribution < 1.29 is 4.42 Å². The maximum atomic E-state index is 5.55. The zero-order chi connectivity index (χ0) is 14.6. The summed E-state index contributed by atoms with van der Waals surface area (Å²) in [5.74, 6) is 1.00. The van der Waals surface area contributed by atoms with Crippen LogP contribution in [0.25, 0.3) is 22.3 Å². The standard InChI is InChI=1S/C20H18O/c1-12-4-6-18-16(8-12)10-17-9-15(5-7-19(17)18)20-11-21-14(3)13(20)2/h4-9,11H,10H2,1-3H3. The van der Waals surface area contributed by atoms with Crippen LogP contribution in [-0.2, 0) is 6.42 Å². The first-order valence-electron chi connectivity index (χ1n) is 7.41. The number of aryl methyl sites for hydroxylation is 2. The van der Waals surface area contributed by atoms with Gasteiger partial charge in [0.25, 0.3) is 0 Å².